The average Bonchev–Trinajstić information content (AvgIpc) is 3.06. The van der Waals surface area contributed by atoms with Gasteiger partial charge in [0.2, 0.25) is 0 Å². The molecular weight excluding hydrogens is 355 g/mol. The normalized spacial score (nSPS) is 10.5. The first kappa shape index (κ1) is 19.3. The van der Waals surface area contributed by atoms with Gasteiger partial charge in [0.15, 0.2) is 0 Å². The van der Waals surface area contributed by atoms with E-state index in [2.05, 4.69) is 47.8 Å². The van der Waals surface area contributed by atoms with E-state index in [1.54, 1.807) is 23.5 Å². The molecule has 0 bridgehead atoms. The van der Waals surface area contributed by atoms with Crippen molar-refractivity contribution in [1.29, 1.82) is 0 Å². The summed E-state index contributed by atoms with van der Waals surface area (Å²) in [5.41, 5.74) is 4.24. The zero-order valence-electron chi connectivity index (χ0n) is 14.0. The minimum absolute atomic E-state index is 0. The molecule has 1 aromatic heterocycles. The lowest BCUT2D eigenvalue weighted by atomic mass is 10.1. The minimum atomic E-state index is -0.229. The maximum atomic E-state index is 13.0. The Bertz CT molecular complexity index is 812. The van der Waals surface area contributed by atoms with Gasteiger partial charge in [0.25, 0.3) is 0 Å². The van der Waals surface area contributed by atoms with E-state index in [0.717, 1.165) is 34.9 Å². The van der Waals surface area contributed by atoms with Crippen LogP contribution in [0.1, 0.15) is 5.56 Å². The summed E-state index contributed by atoms with van der Waals surface area (Å²) < 4.78 is 13.0. The Balaban J connectivity index is 0.00000225. The summed E-state index contributed by atoms with van der Waals surface area (Å²) in [6.07, 6.45) is 1.90. The average molecular weight is 375 g/mol. The zero-order chi connectivity index (χ0) is 16.9. The molecule has 0 saturated heterocycles. The molecular formula is C20H20ClFN2S. The van der Waals surface area contributed by atoms with Crippen molar-refractivity contribution in [3.05, 3.63) is 77.9 Å². The highest BCUT2D eigenvalue weighted by atomic mass is 35.5. The van der Waals surface area contributed by atoms with Crippen LogP contribution in [0.5, 0.6) is 0 Å². The van der Waals surface area contributed by atoms with Crippen LogP contribution in [0.2, 0.25) is 0 Å². The standard InChI is InChI=1S/C20H19FN2S.ClH/c1-3-12-23(2)13-15-4-6-16(7-5-15)19-14-24-20(22-19)17-8-10-18(21)11-9-17;/h3-11,14H,1,12-13H2,2H3;1H. The first-order valence-electron chi connectivity index (χ1n) is 7.76. The summed E-state index contributed by atoms with van der Waals surface area (Å²) in [5.74, 6) is -0.229. The van der Waals surface area contributed by atoms with E-state index in [1.165, 1.54) is 17.7 Å². The van der Waals surface area contributed by atoms with E-state index in [1.807, 2.05) is 11.5 Å². The molecule has 0 atom stereocenters. The molecule has 1 heterocycles. The molecule has 2 nitrogen and oxygen atoms in total. The second kappa shape index (κ2) is 8.90. The van der Waals surface area contributed by atoms with Gasteiger partial charge >= 0.3 is 0 Å². The molecule has 0 unspecified atom stereocenters. The summed E-state index contributed by atoms with van der Waals surface area (Å²) in [7, 11) is 2.07. The van der Waals surface area contributed by atoms with E-state index in [0.29, 0.717) is 0 Å². The number of benzene rings is 2. The highest BCUT2D eigenvalue weighted by Gasteiger charge is 2.07. The van der Waals surface area contributed by atoms with Crippen molar-refractivity contribution in [1.82, 2.24) is 9.88 Å². The quantitative estimate of drug-likeness (QED) is 0.518. The summed E-state index contributed by atoms with van der Waals surface area (Å²) >= 11 is 1.57. The molecule has 0 N–H and O–H groups in total. The van der Waals surface area contributed by atoms with Crippen LogP contribution in [-0.2, 0) is 6.54 Å². The molecule has 2 aromatic carbocycles. The summed E-state index contributed by atoms with van der Waals surface area (Å²) in [5, 5.41) is 2.94. The van der Waals surface area contributed by atoms with Gasteiger partial charge in [0, 0.05) is 29.6 Å². The highest BCUT2D eigenvalue weighted by Crippen LogP contribution is 2.29. The first-order chi connectivity index (χ1) is 11.7. The molecule has 0 aliphatic heterocycles. The number of likely N-dealkylation sites (N-methyl/N-ethyl adjacent to an activating group) is 1. The Morgan fingerprint density at radius 2 is 1.72 bits per heavy atom. The highest BCUT2D eigenvalue weighted by molar-refractivity contribution is 7.13. The molecule has 0 radical (unpaired) electrons. The van der Waals surface area contributed by atoms with Gasteiger partial charge in [-0.25, -0.2) is 9.37 Å². The number of hydrogen-bond acceptors (Lipinski definition) is 3. The van der Waals surface area contributed by atoms with Gasteiger partial charge in [-0.15, -0.1) is 30.3 Å². The third-order valence-electron chi connectivity index (χ3n) is 3.74. The molecule has 130 valence electrons. The molecule has 25 heavy (non-hydrogen) atoms. The van der Waals surface area contributed by atoms with Gasteiger partial charge < -0.3 is 0 Å². The van der Waals surface area contributed by atoms with Crippen molar-refractivity contribution in [2.45, 2.75) is 6.54 Å². The SMILES string of the molecule is C=CCN(C)Cc1ccc(-c2csc(-c3ccc(F)cc3)n2)cc1.Cl. The predicted octanol–water partition coefficient (Wildman–Crippen LogP) is 5.66. The first-order valence-corrected chi connectivity index (χ1v) is 8.64. The lowest BCUT2D eigenvalue weighted by Gasteiger charge is -2.14. The number of halogens is 2. The Hall–Kier alpha value is -2.01. The van der Waals surface area contributed by atoms with E-state index in [4.69, 9.17) is 0 Å². The Morgan fingerprint density at radius 1 is 1.08 bits per heavy atom. The van der Waals surface area contributed by atoms with Gasteiger partial charge in [-0.2, -0.15) is 0 Å². The predicted molar refractivity (Wildman–Crippen MR) is 107 cm³/mol. The van der Waals surface area contributed by atoms with Crippen molar-refractivity contribution in [2.75, 3.05) is 13.6 Å². The van der Waals surface area contributed by atoms with Crippen molar-refractivity contribution >= 4 is 23.7 Å². The third-order valence-corrected chi connectivity index (χ3v) is 4.63. The largest absolute Gasteiger partial charge is 0.298 e. The molecule has 3 aromatic rings. The Labute approximate surface area is 158 Å². The smallest absolute Gasteiger partial charge is 0.124 e. The van der Waals surface area contributed by atoms with E-state index in [9.17, 15) is 4.39 Å². The van der Waals surface area contributed by atoms with Gasteiger partial charge in [-0.05, 0) is 36.9 Å². The van der Waals surface area contributed by atoms with Crippen LogP contribution in [0.3, 0.4) is 0 Å². The van der Waals surface area contributed by atoms with Crippen molar-refractivity contribution in [2.24, 2.45) is 0 Å². The number of thiazole rings is 1. The molecule has 0 fully saturated rings. The third kappa shape index (κ3) is 4.98. The summed E-state index contributed by atoms with van der Waals surface area (Å²) in [6.45, 7) is 5.52. The van der Waals surface area contributed by atoms with E-state index in [-0.39, 0.29) is 18.2 Å². The van der Waals surface area contributed by atoms with Crippen molar-refractivity contribution in [3.63, 3.8) is 0 Å². The molecule has 0 aliphatic rings. The van der Waals surface area contributed by atoms with E-state index >= 15 is 0 Å². The van der Waals surface area contributed by atoms with Crippen LogP contribution in [0.25, 0.3) is 21.8 Å². The molecule has 0 amide bonds. The fraction of sp³-hybridized carbons (Fsp3) is 0.150. The number of aromatic nitrogens is 1. The van der Waals surface area contributed by atoms with Gasteiger partial charge in [-0.3, -0.25) is 4.90 Å². The monoisotopic (exact) mass is 374 g/mol. The number of nitrogens with zero attached hydrogens (tertiary/aromatic N) is 2. The lowest BCUT2D eigenvalue weighted by molar-refractivity contribution is 0.364. The van der Waals surface area contributed by atoms with Crippen LogP contribution < -0.4 is 0 Å². The van der Waals surface area contributed by atoms with Crippen LogP contribution in [0, 0.1) is 5.82 Å². The van der Waals surface area contributed by atoms with Gasteiger partial charge in [-0.1, -0.05) is 30.3 Å². The van der Waals surface area contributed by atoms with Gasteiger partial charge in [0.05, 0.1) is 5.69 Å². The second-order valence-corrected chi connectivity index (χ2v) is 6.59. The van der Waals surface area contributed by atoms with Crippen LogP contribution in [-0.4, -0.2) is 23.5 Å². The van der Waals surface area contributed by atoms with Crippen LogP contribution in [0.4, 0.5) is 4.39 Å². The maximum absolute atomic E-state index is 13.0. The topological polar surface area (TPSA) is 16.1 Å². The molecule has 3 rings (SSSR count). The number of hydrogen-bond donors (Lipinski definition) is 0. The minimum Gasteiger partial charge on any atom is -0.298 e. The molecule has 0 aliphatic carbocycles. The fourth-order valence-corrected chi connectivity index (χ4v) is 3.34. The van der Waals surface area contributed by atoms with Crippen molar-refractivity contribution in [3.8, 4) is 21.8 Å². The lowest BCUT2D eigenvalue weighted by Crippen LogP contribution is -2.17. The summed E-state index contributed by atoms with van der Waals surface area (Å²) in [4.78, 5) is 6.88. The van der Waals surface area contributed by atoms with Gasteiger partial charge in [0.1, 0.15) is 10.8 Å². The number of rotatable bonds is 6. The Morgan fingerprint density at radius 3 is 2.36 bits per heavy atom. The second-order valence-electron chi connectivity index (χ2n) is 5.73. The van der Waals surface area contributed by atoms with Crippen molar-refractivity contribution < 1.29 is 4.39 Å². The molecule has 0 saturated carbocycles. The fourth-order valence-electron chi connectivity index (χ4n) is 2.51. The zero-order valence-corrected chi connectivity index (χ0v) is 15.6. The molecule has 0 spiro atoms. The van der Waals surface area contributed by atoms with Crippen LogP contribution >= 0.6 is 23.7 Å². The summed E-state index contributed by atoms with van der Waals surface area (Å²) in [6, 6.07) is 14.9. The van der Waals surface area contributed by atoms with Crippen LogP contribution in [0.15, 0.2) is 66.6 Å². The maximum Gasteiger partial charge on any atom is 0.124 e. The Kier molecular flexibility index (Phi) is 6.88. The molecule has 5 heteroatoms. The van der Waals surface area contributed by atoms with E-state index < -0.39 is 0 Å².